The van der Waals surface area contributed by atoms with Gasteiger partial charge >= 0.3 is 0 Å². The van der Waals surface area contributed by atoms with Crippen molar-refractivity contribution in [2.45, 2.75) is 141 Å². The van der Waals surface area contributed by atoms with Gasteiger partial charge in [-0.1, -0.05) is 131 Å². The number of aryl methyl sites for hydroxylation is 2. The van der Waals surface area contributed by atoms with E-state index in [1.165, 1.54) is 41.5 Å². The third-order valence-electron chi connectivity index (χ3n) is 17.1. The number of nitrogens with zero attached hydrogens (tertiary/aromatic N) is 5. The number of tetrazole rings is 1. The van der Waals surface area contributed by atoms with Gasteiger partial charge in [-0.05, 0) is 171 Å². The molecule has 0 aliphatic heterocycles. The van der Waals surface area contributed by atoms with Crippen LogP contribution in [0.4, 0.5) is 22.7 Å². The highest BCUT2D eigenvalue weighted by Gasteiger charge is 2.28. The van der Waals surface area contributed by atoms with E-state index < -0.39 is 59.4 Å². The fourth-order valence-electron chi connectivity index (χ4n) is 10.7. The van der Waals surface area contributed by atoms with Crippen molar-refractivity contribution in [3.05, 3.63) is 197 Å². The largest absolute Gasteiger partial charge is 0.744 e. The molecule has 0 saturated heterocycles. The Morgan fingerprint density at radius 3 is 2.05 bits per heavy atom. The second-order valence-electron chi connectivity index (χ2n) is 25.4. The fraction of sp³-hybridized carbons (Fsp3) is 0.293. The number of aromatic nitrogens is 5. The summed E-state index contributed by atoms with van der Waals surface area (Å²) in [6.45, 7) is 21.2. The average Bonchev–Trinajstić information content (AvgIpc) is 1.48. The third kappa shape index (κ3) is 20.2. The first-order valence-electron chi connectivity index (χ1n) is 33.0. The fourth-order valence-corrected chi connectivity index (χ4v) is 12.0. The van der Waals surface area contributed by atoms with Crippen molar-refractivity contribution in [3.8, 4) is 40.2 Å². The predicted molar refractivity (Wildman–Crippen MR) is 390 cm³/mol. The summed E-state index contributed by atoms with van der Waals surface area (Å²) in [5.74, 6) is -0.491. The highest BCUT2D eigenvalue weighted by atomic mass is 32.2. The molecule has 10 aromatic rings. The number of phenols is 2. The summed E-state index contributed by atoms with van der Waals surface area (Å²) in [6.07, 6.45) is 8.95. The number of H-pyrrole nitrogens is 2. The SMILES string of the molecule is CCC(C)(C)c1ccc(OCCCCNC(=O)c2cc(Oc3ccc(N=Nc4c(S(=O)(=O)[O-])cc5cc(S(=O)(=O)[O-])cc(NC(C)=O)c5c4O)cc3)c3ccccc3c2O)c(C(C)(C)CC)c1.CCCCC(Oc1ccc(C)cc1C)C(=O)Nc1cccc(-n2[nH]nnc2=S)c1.c1cc[nH+]cc1. The molecule has 0 fully saturated rings. The molecule has 8 aromatic carbocycles. The van der Waals surface area contributed by atoms with E-state index in [1.54, 1.807) is 28.9 Å². The number of hydrogen-bond donors (Lipinski definition) is 6. The molecule has 1 unspecified atom stereocenters. The lowest BCUT2D eigenvalue weighted by atomic mass is 9.76. The van der Waals surface area contributed by atoms with Gasteiger partial charge in [-0.2, -0.15) is 10.3 Å². The van der Waals surface area contributed by atoms with Crippen LogP contribution >= 0.6 is 12.2 Å². The van der Waals surface area contributed by atoms with Crippen molar-refractivity contribution in [1.82, 2.24) is 25.5 Å². The molecule has 24 nitrogen and oxygen atoms in total. The van der Waals surface area contributed by atoms with Gasteiger partial charge in [-0.15, -0.1) is 5.11 Å². The molecule has 0 radical (unpaired) electrons. The molecule has 2 heterocycles. The van der Waals surface area contributed by atoms with Gasteiger partial charge in [-0.25, -0.2) is 26.5 Å². The van der Waals surface area contributed by atoms with Crippen molar-refractivity contribution >= 4 is 94.5 Å². The Bertz CT molecular complexity index is 4940. The quantitative estimate of drug-likeness (QED) is 0.0127. The predicted octanol–water partition coefficient (Wildman–Crippen LogP) is 15.4. The molecule has 102 heavy (non-hydrogen) atoms. The molecule has 2 aromatic heterocycles. The number of carbonyl (C=O) groups excluding carboxylic acids is 3. The van der Waals surface area contributed by atoms with Crippen LogP contribution in [-0.4, -0.2) is 93.3 Å². The number of benzene rings is 8. The normalized spacial score (nSPS) is 12.0. The zero-order chi connectivity index (χ0) is 74.1. The van der Waals surface area contributed by atoms with Gasteiger partial charge in [0.2, 0.25) is 10.7 Å². The van der Waals surface area contributed by atoms with E-state index in [-0.39, 0.29) is 61.7 Å². The number of phenolic OH excluding ortho intramolecular Hbond substituents is 2. The van der Waals surface area contributed by atoms with Gasteiger partial charge in [0.05, 0.1) is 39.0 Å². The Hall–Kier alpha value is -10.5. The number of rotatable bonds is 26. The van der Waals surface area contributed by atoms with Gasteiger partial charge in [0.15, 0.2) is 24.2 Å². The molecule has 536 valence electrons. The van der Waals surface area contributed by atoms with Crippen molar-refractivity contribution in [1.29, 1.82) is 0 Å². The molecule has 27 heteroatoms. The van der Waals surface area contributed by atoms with Crippen LogP contribution < -0.4 is 35.1 Å². The summed E-state index contributed by atoms with van der Waals surface area (Å²) in [6, 6.07) is 41.9. The van der Waals surface area contributed by atoms with Crippen LogP contribution in [0, 0.1) is 18.6 Å². The van der Waals surface area contributed by atoms with E-state index in [0.717, 1.165) is 73.1 Å². The number of carbonyl (C=O) groups is 3. The number of amides is 3. The smallest absolute Gasteiger partial charge is 0.265 e. The molecule has 0 saturated carbocycles. The first-order valence-corrected chi connectivity index (χ1v) is 36.2. The van der Waals surface area contributed by atoms with Crippen LogP contribution in [0.2, 0.25) is 0 Å². The van der Waals surface area contributed by atoms with Gasteiger partial charge < -0.3 is 49.5 Å². The van der Waals surface area contributed by atoms with Crippen molar-refractivity contribution in [2.75, 3.05) is 23.8 Å². The van der Waals surface area contributed by atoms with E-state index in [4.69, 9.17) is 26.4 Å². The van der Waals surface area contributed by atoms with Crippen LogP contribution in [0.5, 0.6) is 34.5 Å². The molecule has 3 amide bonds. The Morgan fingerprint density at radius 1 is 0.725 bits per heavy atom. The maximum Gasteiger partial charge on any atom is 0.265 e. The Balaban J connectivity index is 0.000000308. The van der Waals surface area contributed by atoms with E-state index in [1.807, 2.05) is 80.8 Å². The van der Waals surface area contributed by atoms with Gasteiger partial charge in [0.1, 0.15) is 54.7 Å². The highest BCUT2D eigenvalue weighted by molar-refractivity contribution is 7.86. The molecule has 1 atom stereocenters. The summed E-state index contributed by atoms with van der Waals surface area (Å²) >= 11 is 5.13. The summed E-state index contributed by atoms with van der Waals surface area (Å²) in [4.78, 5) is 39.4. The first kappa shape index (κ1) is 77.3. The van der Waals surface area contributed by atoms with E-state index in [0.29, 0.717) is 59.7 Å². The molecule has 0 aliphatic rings. The standard InChI is InChI=1S/C49H54N4O12S2.C21H25N5O2S.C5H5N/c1-8-48(4,5)31-16-21-40(38(26-31)49(6,7)9-2)64-23-13-12-22-50-47(57)37-28-41(35-14-10-11-15-36(35)45(37)55)65-33-19-17-32(18-20-33)52-53-44-42(67(61,62)63)25-30-24-34(66(58,59)60)27-39(51-29(3)54)43(30)46(44)56;1-4-5-9-19(28-18-11-10-14(2)12-15(18)3)20(27)22-16-7-6-8-17(13-16)26-21(29)23-24-25-26;1-2-4-6-5-3-1/h10-11,14-21,24-28,55-56H,8-9,12-13,22-23H2,1-7H3,(H,50,57)(H,51,54)(H,58,59,60)(H,61,62,63);6-8,10-13,19H,4-5,9H2,1-3H3,(H,22,27)(H,23,25,29);1-5H/p-1. The first-order chi connectivity index (χ1) is 48.4. The number of azo groups is 1. The summed E-state index contributed by atoms with van der Waals surface area (Å²) in [5, 5.41) is 48.8. The van der Waals surface area contributed by atoms with Crippen LogP contribution in [0.3, 0.4) is 0 Å². The van der Waals surface area contributed by atoms with Gasteiger partial charge in [-0.3, -0.25) is 14.4 Å². The van der Waals surface area contributed by atoms with Crippen molar-refractivity contribution < 1.29 is 69.7 Å². The summed E-state index contributed by atoms with van der Waals surface area (Å²) < 4.78 is 92.9. The lowest BCUT2D eigenvalue weighted by Crippen LogP contribution is -2.33. The molecule has 7 N–H and O–H groups in total. The number of fused-ring (bicyclic) bond motifs is 2. The third-order valence-corrected chi connectivity index (χ3v) is 19.0. The minimum atomic E-state index is -5.39. The molecule has 0 spiro atoms. The lowest BCUT2D eigenvalue weighted by molar-refractivity contribution is -0.378. The molecule has 10 rings (SSSR count). The monoisotopic (exact) mass is 1440 g/mol. The molecular formula is C75H83N10O14S3-. The number of nitrogens with one attached hydrogen (secondary N) is 5. The zero-order valence-corrected chi connectivity index (χ0v) is 60.7. The van der Waals surface area contributed by atoms with Crippen LogP contribution in [0.15, 0.2) is 184 Å². The van der Waals surface area contributed by atoms with E-state index in [2.05, 4.69) is 119 Å². The summed E-state index contributed by atoms with van der Waals surface area (Å²) in [5.41, 5.74) is 4.86. The molecule has 0 aliphatic carbocycles. The maximum absolute atomic E-state index is 13.5. The van der Waals surface area contributed by atoms with E-state index >= 15 is 0 Å². The minimum Gasteiger partial charge on any atom is -0.744 e. The second-order valence-corrected chi connectivity index (χ2v) is 28.5. The number of aromatic hydroxyl groups is 2. The topological polar surface area (TPSA) is 355 Å². The Kier molecular flexibility index (Phi) is 26.0. The maximum atomic E-state index is 13.5. The number of hydrogen-bond acceptors (Lipinski definition) is 19. The number of unbranched alkanes of at least 4 members (excludes halogenated alkanes) is 2. The van der Waals surface area contributed by atoms with Crippen LogP contribution in [0.25, 0.3) is 27.2 Å². The van der Waals surface area contributed by atoms with Crippen molar-refractivity contribution in [3.63, 3.8) is 0 Å². The van der Waals surface area contributed by atoms with Crippen molar-refractivity contribution in [2.24, 2.45) is 10.2 Å². The Labute approximate surface area is 598 Å². The number of ether oxygens (including phenoxy) is 3. The molecular weight excluding hydrogens is 1360 g/mol. The zero-order valence-electron chi connectivity index (χ0n) is 58.3. The number of aromatic amines is 2. The average molecular weight is 1440 g/mol. The van der Waals surface area contributed by atoms with Gasteiger partial charge in [0, 0.05) is 53.0 Å². The van der Waals surface area contributed by atoms with Crippen LogP contribution in [0.1, 0.15) is 133 Å². The molecule has 0 bridgehead atoms. The highest BCUT2D eigenvalue weighted by Crippen LogP contribution is 2.46. The summed E-state index contributed by atoms with van der Waals surface area (Å²) in [7, 11) is -10.5. The van der Waals surface area contributed by atoms with E-state index in [9.17, 15) is 50.5 Å². The number of anilines is 2. The number of pyridine rings is 1. The Morgan fingerprint density at radius 2 is 1.43 bits per heavy atom. The minimum absolute atomic E-state index is 0.0104. The lowest BCUT2D eigenvalue weighted by Gasteiger charge is -2.30. The second kappa shape index (κ2) is 34.3. The van der Waals surface area contributed by atoms with Crippen LogP contribution in [-0.2, 0) is 40.7 Å². The van der Waals surface area contributed by atoms with Gasteiger partial charge in [0.25, 0.3) is 11.8 Å².